The molecule has 2 heterocycles. The number of carbonyl (C=O) groups is 2. The molecular formula is C17H18N2O3S. The van der Waals surface area contributed by atoms with Gasteiger partial charge in [-0.05, 0) is 36.1 Å². The molecule has 0 N–H and O–H groups in total. The Bertz CT molecular complexity index is 727. The van der Waals surface area contributed by atoms with E-state index in [1.54, 1.807) is 23.3 Å². The highest BCUT2D eigenvalue weighted by Crippen LogP contribution is 2.32. The number of benzene rings is 1. The number of ether oxygens (including phenoxy) is 1. The summed E-state index contributed by atoms with van der Waals surface area (Å²) >= 11 is 1.61. The topological polar surface area (TPSA) is 49.9 Å². The number of thiophene rings is 1. The van der Waals surface area contributed by atoms with E-state index in [2.05, 4.69) is 0 Å². The molecule has 0 spiro atoms. The summed E-state index contributed by atoms with van der Waals surface area (Å²) in [7, 11) is 1.75. The van der Waals surface area contributed by atoms with Crippen LogP contribution in [0.25, 0.3) is 0 Å². The van der Waals surface area contributed by atoms with Crippen molar-refractivity contribution in [3.05, 3.63) is 46.2 Å². The van der Waals surface area contributed by atoms with E-state index in [1.807, 2.05) is 42.6 Å². The molecule has 1 aliphatic heterocycles. The van der Waals surface area contributed by atoms with E-state index in [1.165, 1.54) is 4.90 Å². The van der Waals surface area contributed by atoms with E-state index in [9.17, 15) is 9.59 Å². The van der Waals surface area contributed by atoms with Crippen molar-refractivity contribution in [1.29, 1.82) is 0 Å². The molecule has 23 heavy (non-hydrogen) atoms. The van der Waals surface area contributed by atoms with Crippen LogP contribution in [0.15, 0.2) is 35.7 Å². The first-order valence-corrected chi connectivity index (χ1v) is 8.23. The van der Waals surface area contributed by atoms with Crippen LogP contribution in [0.2, 0.25) is 0 Å². The van der Waals surface area contributed by atoms with Gasteiger partial charge in [-0.3, -0.25) is 14.5 Å². The van der Waals surface area contributed by atoms with E-state index >= 15 is 0 Å². The molecule has 1 aromatic heterocycles. The molecule has 1 aliphatic rings. The van der Waals surface area contributed by atoms with Crippen molar-refractivity contribution >= 4 is 28.8 Å². The lowest BCUT2D eigenvalue weighted by atomic mass is 10.1. The van der Waals surface area contributed by atoms with E-state index in [0.29, 0.717) is 18.0 Å². The smallest absolute Gasteiger partial charge is 0.265 e. The number of carbonyl (C=O) groups excluding carboxylic acids is 2. The Morgan fingerprint density at radius 1 is 1.39 bits per heavy atom. The third-order valence-corrected chi connectivity index (χ3v) is 4.61. The third-order valence-electron chi connectivity index (χ3n) is 3.75. The molecule has 6 heteroatoms. The van der Waals surface area contributed by atoms with Gasteiger partial charge in [0, 0.05) is 11.9 Å². The van der Waals surface area contributed by atoms with Crippen molar-refractivity contribution in [2.45, 2.75) is 13.5 Å². The number of likely N-dealkylation sites (N-methyl/N-ethyl adjacent to an activating group) is 1. The van der Waals surface area contributed by atoms with Crippen molar-refractivity contribution in [1.82, 2.24) is 4.90 Å². The summed E-state index contributed by atoms with van der Waals surface area (Å²) in [5.74, 6) is 0.353. The predicted octanol–water partition coefficient (Wildman–Crippen LogP) is 2.44. The second kappa shape index (κ2) is 6.42. The number of aryl methyl sites for hydroxylation is 1. The number of rotatable bonds is 4. The Hall–Kier alpha value is -2.34. The van der Waals surface area contributed by atoms with Crippen LogP contribution >= 0.6 is 11.3 Å². The minimum atomic E-state index is -0.194. The van der Waals surface area contributed by atoms with E-state index < -0.39 is 0 Å². The summed E-state index contributed by atoms with van der Waals surface area (Å²) in [5.41, 5.74) is 1.69. The van der Waals surface area contributed by atoms with Crippen LogP contribution < -0.4 is 9.64 Å². The Morgan fingerprint density at radius 2 is 2.22 bits per heavy atom. The maximum atomic E-state index is 12.5. The summed E-state index contributed by atoms with van der Waals surface area (Å²) in [4.78, 5) is 28.9. The second-order valence-electron chi connectivity index (χ2n) is 5.57. The van der Waals surface area contributed by atoms with Crippen molar-refractivity contribution in [2.24, 2.45) is 0 Å². The van der Waals surface area contributed by atoms with Gasteiger partial charge in [-0.2, -0.15) is 0 Å². The molecule has 0 fully saturated rings. The number of amides is 2. The van der Waals surface area contributed by atoms with Gasteiger partial charge in [-0.25, -0.2) is 0 Å². The first-order valence-electron chi connectivity index (χ1n) is 7.35. The fraction of sp³-hybridized carbons (Fsp3) is 0.294. The highest BCUT2D eigenvalue weighted by atomic mass is 32.1. The fourth-order valence-electron chi connectivity index (χ4n) is 2.47. The zero-order valence-corrected chi connectivity index (χ0v) is 13.9. The van der Waals surface area contributed by atoms with Gasteiger partial charge in [-0.15, -0.1) is 11.3 Å². The highest BCUT2D eigenvalue weighted by molar-refractivity contribution is 7.09. The predicted molar refractivity (Wildman–Crippen MR) is 89.8 cm³/mol. The van der Waals surface area contributed by atoms with Crippen LogP contribution in [-0.4, -0.2) is 36.9 Å². The molecule has 0 atom stereocenters. The minimum Gasteiger partial charge on any atom is -0.482 e. The monoisotopic (exact) mass is 330 g/mol. The number of hydrogen-bond acceptors (Lipinski definition) is 4. The maximum Gasteiger partial charge on any atom is 0.265 e. The van der Waals surface area contributed by atoms with Gasteiger partial charge in [-0.1, -0.05) is 12.1 Å². The van der Waals surface area contributed by atoms with Gasteiger partial charge >= 0.3 is 0 Å². The number of nitrogens with zero attached hydrogens (tertiary/aromatic N) is 2. The van der Waals surface area contributed by atoms with Crippen LogP contribution in [0.3, 0.4) is 0 Å². The standard InChI is InChI=1S/C17H18N2O3S/c1-12-5-6-15-14(8-12)19(17(21)11-22-15)10-16(20)18(2)9-13-4-3-7-23-13/h3-8H,9-11H2,1-2H3. The summed E-state index contributed by atoms with van der Waals surface area (Å²) in [5, 5.41) is 1.98. The largest absolute Gasteiger partial charge is 0.482 e. The van der Waals surface area contributed by atoms with Crippen LogP contribution in [0, 0.1) is 6.92 Å². The van der Waals surface area contributed by atoms with Gasteiger partial charge in [0.2, 0.25) is 5.91 Å². The molecule has 0 radical (unpaired) electrons. The van der Waals surface area contributed by atoms with Gasteiger partial charge < -0.3 is 9.64 Å². The Balaban J connectivity index is 1.75. The molecule has 2 amide bonds. The van der Waals surface area contributed by atoms with Crippen LogP contribution in [-0.2, 0) is 16.1 Å². The zero-order valence-electron chi connectivity index (χ0n) is 13.1. The molecule has 1 aromatic carbocycles. The average Bonchev–Trinajstić information content (AvgIpc) is 3.03. The molecule has 0 unspecified atom stereocenters. The maximum absolute atomic E-state index is 12.5. The van der Waals surface area contributed by atoms with Crippen molar-refractivity contribution < 1.29 is 14.3 Å². The summed E-state index contributed by atoms with van der Waals surface area (Å²) in [6, 6.07) is 9.59. The molecule has 120 valence electrons. The molecule has 5 nitrogen and oxygen atoms in total. The van der Waals surface area contributed by atoms with Crippen LogP contribution in [0.5, 0.6) is 5.75 Å². The molecule has 0 saturated heterocycles. The molecule has 0 bridgehead atoms. The molecule has 3 rings (SSSR count). The summed E-state index contributed by atoms with van der Waals surface area (Å²) < 4.78 is 5.43. The second-order valence-corrected chi connectivity index (χ2v) is 6.60. The van der Waals surface area contributed by atoms with Gasteiger partial charge in [0.15, 0.2) is 6.61 Å². The number of fused-ring (bicyclic) bond motifs is 1. The molecule has 0 saturated carbocycles. The quantitative estimate of drug-likeness (QED) is 0.865. The van der Waals surface area contributed by atoms with Crippen molar-refractivity contribution in [3.8, 4) is 5.75 Å². The Labute approximate surface area is 139 Å². The zero-order chi connectivity index (χ0) is 16.4. The van der Waals surface area contributed by atoms with Gasteiger partial charge in [0.25, 0.3) is 5.91 Å². The number of anilines is 1. The SMILES string of the molecule is Cc1ccc2c(c1)N(CC(=O)N(C)Cc1cccs1)C(=O)CO2. The number of hydrogen-bond donors (Lipinski definition) is 0. The van der Waals surface area contributed by atoms with E-state index in [0.717, 1.165) is 10.4 Å². The van der Waals surface area contributed by atoms with Crippen molar-refractivity contribution in [3.63, 3.8) is 0 Å². The van der Waals surface area contributed by atoms with Crippen LogP contribution in [0.1, 0.15) is 10.4 Å². The van der Waals surface area contributed by atoms with Gasteiger partial charge in [0.05, 0.1) is 12.2 Å². The lowest BCUT2D eigenvalue weighted by molar-refractivity contribution is -0.131. The third kappa shape index (κ3) is 3.37. The van der Waals surface area contributed by atoms with Gasteiger partial charge in [0.1, 0.15) is 12.3 Å². The fourth-order valence-corrected chi connectivity index (χ4v) is 3.22. The molecular weight excluding hydrogens is 312 g/mol. The summed E-state index contributed by atoms with van der Waals surface area (Å²) in [6.45, 7) is 2.50. The first kappa shape index (κ1) is 15.6. The molecule has 0 aliphatic carbocycles. The van der Waals surface area contributed by atoms with E-state index in [-0.39, 0.29) is 25.0 Å². The average molecular weight is 330 g/mol. The first-order chi connectivity index (χ1) is 11.0. The lowest BCUT2D eigenvalue weighted by Gasteiger charge is -2.30. The Kier molecular flexibility index (Phi) is 4.34. The minimum absolute atomic E-state index is 0.0283. The van der Waals surface area contributed by atoms with Crippen LogP contribution in [0.4, 0.5) is 5.69 Å². The van der Waals surface area contributed by atoms with Crippen molar-refractivity contribution in [2.75, 3.05) is 25.1 Å². The highest BCUT2D eigenvalue weighted by Gasteiger charge is 2.28. The Morgan fingerprint density at radius 3 is 2.96 bits per heavy atom. The molecule has 2 aromatic rings. The van der Waals surface area contributed by atoms with E-state index in [4.69, 9.17) is 4.74 Å². The summed E-state index contributed by atoms with van der Waals surface area (Å²) in [6.07, 6.45) is 0. The lowest BCUT2D eigenvalue weighted by Crippen LogP contribution is -2.45. The normalized spacial score (nSPS) is 13.5.